The number of rotatable bonds is 1. The molecule has 1 aromatic carbocycles. The number of phenols is 1. The van der Waals surface area contributed by atoms with Gasteiger partial charge in [-0.1, -0.05) is 0 Å². The fraction of sp³-hybridized carbons (Fsp3) is 0. The molecule has 0 aliphatic rings. The van der Waals surface area contributed by atoms with Crippen molar-refractivity contribution in [2.45, 2.75) is 4.90 Å². The lowest BCUT2D eigenvalue weighted by Crippen LogP contribution is -1.96. The van der Waals surface area contributed by atoms with Crippen molar-refractivity contribution in [1.82, 2.24) is 0 Å². The van der Waals surface area contributed by atoms with Gasteiger partial charge >= 0.3 is 5.97 Å². The summed E-state index contributed by atoms with van der Waals surface area (Å²) in [6.07, 6.45) is 0. The summed E-state index contributed by atoms with van der Waals surface area (Å²) < 4.78 is 0.565. The van der Waals surface area contributed by atoms with E-state index >= 15 is 0 Å². The maximum atomic E-state index is 10.9. The van der Waals surface area contributed by atoms with Gasteiger partial charge in [-0.2, -0.15) is 0 Å². The number of aromatic carboxylic acids is 1. The molecule has 3 nitrogen and oxygen atoms in total. The predicted octanol–water partition coefficient (Wildman–Crippen LogP) is 2.59. The van der Waals surface area contributed by atoms with Crippen LogP contribution < -0.4 is 0 Å². The number of hydrogen-bond donors (Lipinski definition) is 3. The predicted molar refractivity (Wildman–Crippen MR) is 57.7 cm³/mol. The lowest BCUT2D eigenvalue weighted by atomic mass is 10.1. The Balaban J connectivity index is 2.92. The van der Waals surface area contributed by atoms with Crippen molar-refractivity contribution in [3.8, 4) is 5.75 Å². The van der Waals surface area contributed by atoms with Gasteiger partial charge in [0.25, 0.3) is 0 Å². The topological polar surface area (TPSA) is 57.5 Å². The van der Waals surface area contributed by atoms with Crippen LogP contribution in [-0.2, 0) is 0 Å². The molecule has 14 heavy (non-hydrogen) atoms. The number of benzene rings is 1. The highest BCUT2D eigenvalue weighted by molar-refractivity contribution is 7.80. The van der Waals surface area contributed by atoms with Gasteiger partial charge in [0, 0.05) is 15.7 Å². The molecular formula is C9H6O3S2. The largest absolute Gasteiger partial charge is 0.506 e. The van der Waals surface area contributed by atoms with Crippen LogP contribution in [0, 0.1) is 0 Å². The fourth-order valence-electron chi connectivity index (χ4n) is 1.30. The highest BCUT2D eigenvalue weighted by Gasteiger charge is 2.14. The summed E-state index contributed by atoms with van der Waals surface area (Å²) >= 11 is 5.43. The molecule has 1 heterocycles. The van der Waals surface area contributed by atoms with Crippen molar-refractivity contribution in [3.63, 3.8) is 0 Å². The molecule has 0 amide bonds. The third-order valence-corrected chi connectivity index (χ3v) is 3.44. The van der Waals surface area contributed by atoms with Crippen LogP contribution in [0.4, 0.5) is 0 Å². The summed E-state index contributed by atoms with van der Waals surface area (Å²) in [4.78, 5) is 11.4. The third-order valence-electron chi connectivity index (χ3n) is 1.91. The molecular weight excluding hydrogens is 220 g/mol. The fourth-order valence-corrected chi connectivity index (χ4v) is 2.64. The molecule has 1 aromatic heterocycles. The van der Waals surface area contributed by atoms with E-state index < -0.39 is 5.97 Å². The van der Waals surface area contributed by atoms with Crippen LogP contribution in [0.5, 0.6) is 5.75 Å². The van der Waals surface area contributed by atoms with Crippen molar-refractivity contribution < 1.29 is 15.0 Å². The van der Waals surface area contributed by atoms with Crippen molar-refractivity contribution in [3.05, 3.63) is 23.1 Å². The van der Waals surface area contributed by atoms with E-state index in [1.165, 1.54) is 23.5 Å². The Morgan fingerprint density at radius 1 is 1.43 bits per heavy atom. The molecule has 5 heteroatoms. The molecule has 0 atom stereocenters. The number of hydrogen-bond acceptors (Lipinski definition) is 4. The Morgan fingerprint density at radius 3 is 2.79 bits per heavy atom. The number of thiophene rings is 1. The maximum absolute atomic E-state index is 10.9. The van der Waals surface area contributed by atoms with Gasteiger partial charge in [0.1, 0.15) is 5.75 Å². The van der Waals surface area contributed by atoms with Crippen LogP contribution in [0.15, 0.2) is 22.4 Å². The summed E-state index contributed by atoms with van der Waals surface area (Å²) in [6, 6.07) is 2.77. The highest BCUT2D eigenvalue weighted by Crippen LogP contribution is 2.37. The Labute approximate surface area is 89.0 Å². The molecule has 0 spiro atoms. The standard InChI is InChI=1S/C9H6O3S2/c10-5-2-1-4(9(11)12)7-6(13)3-14-8(5)7/h1-3,10,13H,(H,11,12). The molecule has 2 N–H and O–H groups in total. The Kier molecular flexibility index (Phi) is 2.13. The minimum absolute atomic E-state index is 0.0929. The summed E-state index contributed by atoms with van der Waals surface area (Å²) in [5, 5.41) is 20.6. The zero-order valence-corrected chi connectivity index (χ0v) is 8.60. The first-order valence-corrected chi connectivity index (χ1v) is 5.09. The van der Waals surface area contributed by atoms with E-state index in [0.717, 1.165) is 0 Å². The van der Waals surface area contributed by atoms with Crippen LogP contribution in [0.3, 0.4) is 0 Å². The summed E-state index contributed by atoms with van der Waals surface area (Å²) in [7, 11) is 0. The van der Waals surface area contributed by atoms with Gasteiger partial charge in [0.2, 0.25) is 0 Å². The van der Waals surface area contributed by atoms with Gasteiger partial charge in [0.05, 0.1) is 10.3 Å². The maximum Gasteiger partial charge on any atom is 0.336 e. The first-order valence-electron chi connectivity index (χ1n) is 3.76. The number of thiol groups is 1. The molecule has 0 saturated carbocycles. The van der Waals surface area contributed by atoms with E-state index in [0.29, 0.717) is 15.0 Å². The SMILES string of the molecule is O=C(O)c1ccc(O)c2scc(S)c12. The van der Waals surface area contributed by atoms with Gasteiger partial charge in [-0.15, -0.1) is 24.0 Å². The first kappa shape index (κ1) is 9.36. The quantitative estimate of drug-likeness (QED) is 0.655. The highest BCUT2D eigenvalue weighted by atomic mass is 32.1. The number of carboxylic acid groups (broad SMARTS) is 1. The van der Waals surface area contributed by atoms with Gasteiger partial charge in [0.15, 0.2) is 0 Å². The molecule has 72 valence electrons. The molecule has 0 aliphatic heterocycles. The molecule has 2 aromatic rings. The molecule has 0 fully saturated rings. The lowest BCUT2D eigenvalue weighted by molar-refractivity contribution is 0.0699. The van der Waals surface area contributed by atoms with Crippen molar-refractivity contribution in [1.29, 1.82) is 0 Å². The van der Waals surface area contributed by atoms with Gasteiger partial charge in [-0.25, -0.2) is 4.79 Å². The number of carbonyl (C=O) groups is 1. The molecule has 0 unspecified atom stereocenters. The third kappa shape index (κ3) is 1.25. The molecule has 0 aliphatic carbocycles. The minimum atomic E-state index is -1.01. The van der Waals surface area contributed by atoms with Crippen molar-refractivity contribution >= 4 is 40.0 Å². The van der Waals surface area contributed by atoms with E-state index in [1.54, 1.807) is 5.38 Å². The van der Waals surface area contributed by atoms with Crippen LogP contribution in [0.1, 0.15) is 10.4 Å². The zero-order chi connectivity index (χ0) is 10.3. The first-order chi connectivity index (χ1) is 6.61. The number of fused-ring (bicyclic) bond motifs is 1. The summed E-state index contributed by atoms with van der Waals surface area (Å²) in [6.45, 7) is 0. The summed E-state index contributed by atoms with van der Waals surface area (Å²) in [5.41, 5.74) is 0.170. The van der Waals surface area contributed by atoms with Gasteiger partial charge in [-0.3, -0.25) is 0 Å². The van der Waals surface area contributed by atoms with Crippen LogP contribution >= 0.6 is 24.0 Å². The second kappa shape index (κ2) is 3.18. The normalized spacial score (nSPS) is 10.6. The van der Waals surface area contributed by atoms with E-state index in [1.807, 2.05) is 0 Å². The Hall–Kier alpha value is -1.20. The average molecular weight is 226 g/mol. The molecule has 2 rings (SSSR count). The van der Waals surface area contributed by atoms with Crippen molar-refractivity contribution in [2.24, 2.45) is 0 Å². The monoisotopic (exact) mass is 226 g/mol. The van der Waals surface area contributed by atoms with Gasteiger partial charge < -0.3 is 10.2 Å². The van der Waals surface area contributed by atoms with E-state index in [2.05, 4.69) is 12.6 Å². The molecule has 0 bridgehead atoms. The van der Waals surface area contributed by atoms with Crippen molar-refractivity contribution in [2.75, 3.05) is 0 Å². The number of phenolic OH excluding ortho intramolecular Hbond substituents is 1. The Bertz CT molecular complexity index is 516. The lowest BCUT2D eigenvalue weighted by Gasteiger charge is -2.00. The molecule has 0 radical (unpaired) electrons. The van der Waals surface area contributed by atoms with Crippen LogP contribution in [-0.4, -0.2) is 16.2 Å². The second-order valence-electron chi connectivity index (χ2n) is 2.76. The summed E-state index contributed by atoms with van der Waals surface area (Å²) in [5.74, 6) is -0.918. The smallest absolute Gasteiger partial charge is 0.336 e. The molecule has 0 saturated heterocycles. The second-order valence-corrected chi connectivity index (χ2v) is 4.12. The number of carboxylic acids is 1. The average Bonchev–Trinajstić information content (AvgIpc) is 2.50. The van der Waals surface area contributed by atoms with E-state index in [9.17, 15) is 9.90 Å². The van der Waals surface area contributed by atoms with Gasteiger partial charge in [-0.05, 0) is 12.1 Å². The van der Waals surface area contributed by atoms with Crippen LogP contribution in [0.2, 0.25) is 0 Å². The van der Waals surface area contributed by atoms with E-state index in [-0.39, 0.29) is 11.3 Å². The number of aromatic hydroxyl groups is 1. The zero-order valence-electron chi connectivity index (χ0n) is 6.89. The Morgan fingerprint density at radius 2 is 2.14 bits per heavy atom. The van der Waals surface area contributed by atoms with E-state index in [4.69, 9.17) is 5.11 Å². The van der Waals surface area contributed by atoms with Crippen LogP contribution in [0.25, 0.3) is 10.1 Å². The minimum Gasteiger partial charge on any atom is -0.506 e.